The standard InChI is InChI=1S/C25H32N2O5/c1-5-26(6-2)13-14-27-22(20-8-7-15-31-20)21(24(29)25(27)30)23(28)18-9-11-19(12-10-18)32-16-17(3)4/h7-12,15,17,22,28H,5-6,13-14,16H2,1-4H3/b23-21-. The van der Waals surface area contributed by atoms with Gasteiger partial charge < -0.3 is 24.1 Å². The fourth-order valence-electron chi connectivity index (χ4n) is 3.77. The second-order valence-corrected chi connectivity index (χ2v) is 8.26. The third kappa shape index (κ3) is 5.05. The number of ether oxygens (including phenoxy) is 1. The molecule has 32 heavy (non-hydrogen) atoms. The Labute approximate surface area is 189 Å². The van der Waals surface area contributed by atoms with Crippen LogP contribution in [-0.4, -0.2) is 59.4 Å². The van der Waals surface area contributed by atoms with Crippen LogP contribution in [0.4, 0.5) is 0 Å². The molecule has 2 heterocycles. The highest BCUT2D eigenvalue weighted by atomic mass is 16.5. The van der Waals surface area contributed by atoms with Crippen LogP contribution in [0.5, 0.6) is 5.75 Å². The topological polar surface area (TPSA) is 83.2 Å². The van der Waals surface area contributed by atoms with Gasteiger partial charge in [0.25, 0.3) is 11.7 Å². The Bertz CT molecular complexity index is 943. The number of aliphatic hydroxyl groups excluding tert-OH is 1. The fraction of sp³-hybridized carbons (Fsp3) is 0.440. The van der Waals surface area contributed by atoms with Gasteiger partial charge in [0.1, 0.15) is 23.3 Å². The lowest BCUT2D eigenvalue weighted by Gasteiger charge is -2.26. The number of carbonyl (C=O) groups is 2. The molecule has 7 heteroatoms. The van der Waals surface area contributed by atoms with E-state index in [1.54, 1.807) is 36.4 Å². The van der Waals surface area contributed by atoms with Crippen LogP contribution in [0.15, 0.2) is 52.7 Å². The molecule has 1 saturated heterocycles. The molecule has 0 aliphatic carbocycles. The Kier molecular flexibility index (Phi) is 7.75. The molecule has 1 aliphatic rings. The first-order valence-corrected chi connectivity index (χ1v) is 11.1. The number of Topliss-reactive ketones (excluding diaryl/α,β-unsaturated/α-hetero) is 1. The van der Waals surface area contributed by atoms with Gasteiger partial charge in [-0.2, -0.15) is 0 Å². The summed E-state index contributed by atoms with van der Waals surface area (Å²) in [6.07, 6.45) is 1.50. The van der Waals surface area contributed by atoms with Crippen LogP contribution in [-0.2, 0) is 9.59 Å². The average molecular weight is 441 g/mol. The minimum Gasteiger partial charge on any atom is -0.507 e. The number of nitrogens with zero attached hydrogens (tertiary/aromatic N) is 2. The normalized spacial score (nSPS) is 18.2. The van der Waals surface area contributed by atoms with Crippen LogP contribution < -0.4 is 4.74 Å². The zero-order chi connectivity index (χ0) is 23.3. The van der Waals surface area contributed by atoms with Gasteiger partial charge in [-0.15, -0.1) is 0 Å². The van der Waals surface area contributed by atoms with Gasteiger partial charge in [0.2, 0.25) is 0 Å². The van der Waals surface area contributed by atoms with Crippen LogP contribution >= 0.6 is 0 Å². The fourth-order valence-corrected chi connectivity index (χ4v) is 3.77. The van der Waals surface area contributed by atoms with Gasteiger partial charge in [0, 0.05) is 18.7 Å². The number of benzene rings is 1. The van der Waals surface area contributed by atoms with Crippen molar-refractivity contribution in [2.75, 3.05) is 32.8 Å². The number of hydrogen-bond acceptors (Lipinski definition) is 6. The molecule has 1 fully saturated rings. The SMILES string of the molecule is CCN(CC)CCN1C(=O)C(=O)/C(=C(\O)c2ccc(OCC(C)C)cc2)C1c1ccco1. The summed E-state index contributed by atoms with van der Waals surface area (Å²) in [4.78, 5) is 29.5. The second kappa shape index (κ2) is 10.5. The van der Waals surface area contributed by atoms with Gasteiger partial charge in [0.15, 0.2) is 0 Å². The Morgan fingerprint density at radius 1 is 1.16 bits per heavy atom. The predicted octanol–water partition coefficient (Wildman–Crippen LogP) is 4.08. The Balaban J connectivity index is 1.94. The first-order valence-electron chi connectivity index (χ1n) is 11.1. The molecule has 0 radical (unpaired) electrons. The van der Waals surface area contributed by atoms with E-state index in [9.17, 15) is 14.7 Å². The first-order chi connectivity index (χ1) is 15.4. The summed E-state index contributed by atoms with van der Waals surface area (Å²) < 4.78 is 11.3. The zero-order valence-corrected chi connectivity index (χ0v) is 19.2. The first kappa shape index (κ1) is 23.6. The van der Waals surface area contributed by atoms with Crippen molar-refractivity contribution < 1.29 is 23.8 Å². The lowest BCUT2D eigenvalue weighted by Crippen LogP contribution is -2.37. The van der Waals surface area contributed by atoms with E-state index in [-0.39, 0.29) is 11.3 Å². The summed E-state index contributed by atoms with van der Waals surface area (Å²) in [7, 11) is 0. The Morgan fingerprint density at radius 3 is 2.41 bits per heavy atom. The molecule has 7 nitrogen and oxygen atoms in total. The van der Waals surface area contributed by atoms with Gasteiger partial charge >= 0.3 is 0 Å². The number of hydrogen-bond donors (Lipinski definition) is 1. The molecule has 1 aromatic heterocycles. The third-order valence-electron chi connectivity index (χ3n) is 5.62. The summed E-state index contributed by atoms with van der Waals surface area (Å²) >= 11 is 0. The number of ketones is 1. The maximum absolute atomic E-state index is 13.0. The van der Waals surface area contributed by atoms with Crippen molar-refractivity contribution in [3.05, 3.63) is 59.6 Å². The van der Waals surface area contributed by atoms with Crippen LogP contribution in [0, 0.1) is 5.92 Å². The predicted molar refractivity (Wildman–Crippen MR) is 122 cm³/mol. The van der Waals surface area contributed by atoms with E-state index in [0.29, 0.717) is 42.7 Å². The molecule has 0 spiro atoms. The number of rotatable bonds is 10. The molecule has 1 N–H and O–H groups in total. The summed E-state index contributed by atoms with van der Waals surface area (Å²) in [5.74, 6) is -0.0329. The van der Waals surface area contributed by atoms with E-state index in [4.69, 9.17) is 9.15 Å². The number of carbonyl (C=O) groups excluding carboxylic acids is 2. The van der Waals surface area contributed by atoms with Gasteiger partial charge in [0.05, 0.1) is 18.4 Å². The second-order valence-electron chi connectivity index (χ2n) is 8.26. The van der Waals surface area contributed by atoms with E-state index in [1.807, 2.05) is 0 Å². The Hall–Kier alpha value is -3.06. The molecular formula is C25H32N2O5. The van der Waals surface area contributed by atoms with E-state index < -0.39 is 17.7 Å². The summed E-state index contributed by atoms with van der Waals surface area (Å²) in [5, 5.41) is 11.1. The van der Waals surface area contributed by atoms with Gasteiger partial charge in [-0.25, -0.2) is 0 Å². The molecular weight excluding hydrogens is 408 g/mol. The summed E-state index contributed by atoms with van der Waals surface area (Å²) in [6, 6.07) is 9.53. The van der Waals surface area contributed by atoms with E-state index >= 15 is 0 Å². The monoisotopic (exact) mass is 440 g/mol. The highest BCUT2D eigenvalue weighted by Gasteiger charge is 2.47. The van der Waals surface area contributed by atoms with Crippen molar-refractivity contribution in [2.24, 2.45) is 5.92 Å². The summed E-state index contributed by atoms with van der Waals surface area (Å²) in [5.41, 5.74) is 0.487. The third-order valence-corrected chi connectivity index (χ3v) is 5.62. The van der Waals surface area contributed by atoms with Crippen molar-refractivity contribution in [1.29, 1.82) is 0 Å². The molecule has 1 aromatic carbocycles. The van der Waals surface area contributed by atoms with Crippen molar-refractivity contribution in [1.82, 2.24) is 9.80 Å². The van der Waals surface area contributed by atoms with E-state index in [2.05, 4.69) is 32.6 Å². The van der Waals surface area contributed by atoms with Crippen LogP contribution in [0.2, 0.25) is 0 Å². The zero-order valence-electron chi connectivity index (χ0n) is 19.2. The summed E-state index contributed by atoms with van der Waals surface area (Å²) in [6.45, 7) is 11.5. The number of amides is 1. The maximum Gasteiger partial charge on any atom is 0.295 e. The molecule has 1 aliphatic heterocycles. The van der Waals surface area contributed by atoms with E-state index in [0.717, 1.165) is 13.1 Å². The van der Waals surface area contributed by atoms with Crippen molar-refractivity contribution in [3.63, 3.8) is 0 Å². The highest BCUT2D eigenvalue weighted by Crippen LogP contribution is 2.39. The molecule has 2 aromatic rings. The van der Waals surface area contributed by atoms with Crippen molar-refractivity contribution in [2.45, 2.75) is 33.7 Å². The highest BCUT2D eigenvalue weighted by molar-refractivity contribution is 6.46. The minimum absolute atomic E-state index is 0.0420. The molecule has 1 amide bonds. The number of furan rings is 1. The number of likely N-dealkylation sites (N-methyl/N-ethyl adjacent to an activating group) is 1. The van der Waals surface area contributed by atoms with Gasteiger partial charge in [-0.1, -0.05) is 27.7 Å². The van der Waals surface area contributed by atoms with Crippen LogP contribution in [0.1, 0.15) is 45.1 Å². The minimum atomic E-state index is -0.766. The smallest absolute Gasteiger partial charge is 0.295 e. The quantitative estimate of drug-likeness (QED) is 0.341. The van der Waals surface area contributed by atoms with Crippen molar-refractivity contribution >= 4 is 17.4 Å². The van der Waals surface area contributed by atoms with Crippen molar-refractivity contribution in [3.8, 4) is 5.75 Å². The van der Waals surface area contributed by atoms with Gasteiger partial charge in [-0.05, 0) is 55.4 Å². The number of aliphatic hydroxyl groups is 1. The molecule has 0 saturated carbocycles. The molecule has 172 valence electrons. The lowest BCUT2D eigenvalue weighted by molar-refractivity contribution is -0.140. The van der Waals surface area contributed by atoms with Crippen LogP contribution in [0.25, 0.3) is 5.76 Å². The lowest BCUT2D eigenvalue weighted by atomic mass is 9.99. The average Bonchev–Trinajstić information content (AvgIpc) is 3.40. The molecule has 1 unspecified atom stereocenters. The maximum atomic E-state index is 13.0. The molecule has 1 atom stereocenters. The van der Waals surface area contributed by atoms with E-state index in [1.165, 1.54) is 11.2 Å². The molecule has 3 rings (SSSR count). The number of likely N-dealkylation sites (tertiary alicyclic amines) is 1. The van der Waals surface area contributed by atoms with Gasteiger partial charge in [-0.3, -0.25) is 9.59 Å². The molecule has 0 bridgehead atoms. The Morgan fingerprint density at radius 2 is 1.84 bits per heavy atom. The van der Waals surface area contributed by atoms with Crippen LogP contribution in [0.3, 0.4) is 0 Å². The largest absolute Gasteiger partial charge is 0.507 e.